The van der Waals surface area contributed by atoms with Crippen molar-refractivity contribution in [1.29, 1.82) is 0 Å². The second-order valence-corrected chi connectivity index (χ2v) is 22.3. The van der Waals surface area contributed by atoms with Gasteiger partial charge >= 0.3 is 17.7 Å². The minimum atomic E-state index is -0.799. The number of thiazole rings is 1. The first kappa shape index (κ1) is 59.4. The van der Waals surface area contributed by atoms with Crippen molar-refractivity contribution in [3.05, 3.63) is 74.4 Å². The summed E-state index contributed by atoms with van der Waals surface area (Å²) in [6.07, 6.45) is 6.00. The van der Waals surface area contributed by atoms with E-state index >= 15 is 0 Å². The van der Waals surface area contributed by atoms with Crippen molar-refractivity contribution in [3.8, 4) is 5.75 Å². The van der Waals surface area contributed by atoms with Crippen LogP contribution in [0, 0.1) is 33.8 Å². The van der Waals surface area contributed by atoms with E-state index in [-0.39, 0.29) is 103 Å². The molecule has 0 aliphatic carbocycles. The quantitative estimate of drug-likeness (QED) is 0.0141. The fourth-order valence-corrected chi connectivity index (χ4v) is 11.3. The number of aromatic hydroxyl groups is 1. The first-order valence-electron chi connectivity index (χ1n) is 24.9. The van der Waals surface area contributed by atoms with Gasteiger partial charge < -0.3 is 30.1 Å². The number of aromatic nitrogens is 2. The van der Waals surface area contributed by atoms with Crippen LogP contribution in [0.5, 0.6) is 5.75 Å². The van der Waals surface area contributed by atoms with Crippen LogP contribution in [0.25, 0.3) is 0 Å². The largest absolute Gasteiger partial charge is 0.508 e. The number of ketones is 2. The Labute approximate surface area is 435 Å². The lowest BCUT2D eigenvalue weighted by molar-refractivity contribution is -0.388. The number of ether oxygens (including phenoxy) is 2. The van der Waals surface area contributed by atoms with Crippen molar-refractivity contribution >= 4 is 74.1 Å². The lowest BCUT2D eigenvalue weighted by atomic mass is 9.82. The van der Waals surface area contributed by atoms with Gasteiger partial charge in [-0.25, -0.2) is 14.8 Å². The number of phenols is 1. The Hall–Kier alpha value is -5.12. The van der Waals surface area contributed by atoms with Gasteiger partial charge in [-0.3, -0.25) is 39.0 Å². The average molecular weight is 1060 g/mol. The van der Waals surface area contributed by atoms with E-state index in [1.165, 1.54) is 40.5 Å². The molecule has 2 aromatic heterocycles. The van der Waals surface area contributed by atoms with Crippen molar-refractivity contribution < 1.29 is 48.3 Å². The lowest BCUT2D eigenvalue weighted by Crippen LogP contribution is -2.50. The Balaban J connectivity index is 1.42. The molecule has 1 aliphatic rings. The van der Waals surface area contributed by atoms with Gasteiger partial charge in [0, 0.05) is 66.1 Å². The third kappa shape index (κ3) is 18.7. The summed E-state index contributed by atoms with van der Waals surface area (Å²) in [5.41, 5.74) is 0.867. The maximum absolute atomic E-state index is 14.9. The fraction of sp³-hybridized carbons (Fsp3) is 0.608. The number of amides is 3. The van der Waals surface area contributed by atoms with E-state index in [9.17, 15) is 44.0 Å². The van der Waals surface area contributed by atoms with Gasteiger partial charge in [0.25, 0.3) is 5.91 Å². The fourth-order valence-electron chi connectivity index (χ4n) is 8.61. The van der Waals surface area contributed by atoms with Crippen LogP contribution < -0.4 is 10.6 Å². The Kier molecular flexibility index (Phi) is 24.9. The number of likely N-dealkylation sites (N-methyl/N-ethyl adjacent to an activating group) is 1. The molecule has 1 saturated heterocycles. The van der Waals surface area contributed by atoms with Gasteiger partial charge in [-0.05, 0) is 98.5 Å². The van der Waals surface area contributed by atoms with Gasteiger partial charge in [0.1, 0.15) is 18.1 Å². The average Bonchev–Trinajstić information content (AvgIpc) is 3.86. The summed E-state index contributed by atoms with van der Waals surface area (Å²) in [7, 11) is 4.29. The van der Waals surface area contributed by atoms with Crippen LogP contribution in [0.1, 0.15) is 133 Å². The number of piperidine rings is 1. The molecule has 3 aromatic rings. The van der Waals surface area contributed by atoms with Crippen molar-refractivity contribution in [2.45, 2.75) is 142 Å². The highest BCUT2D eigenvalue weighted by atomic mass is 33.1. The summed E-state index contributed by atoms with van der Waals surface area (Å²) < 4.78 is 10.9. The molecule has 4 rings (SSSR count). The number of alkyl carbamates (subject to hydrolysis) is 1. The molecule has 396 valence electrons. The molecule has 21 heteroatoms. The molecule has 0 bridgehead atoms. The van der Waals surface area contributed by atoms with Crippen LogP contribution >= 0.6 is 32.9 Å². The molecule has 0 radical (unpaired) electrons. The van der Waals surface area contributed by atoms with Crippen molar-refractivity contribution in [1.82, 2.24) is 30.4 Å². The van der Waals surface area contributed by atoms with Crippen LogP contribution in [0.4, 0.5) is 10.5 Å². The highest BCUT2D eigenvalue weighted by Crippen LogP contribution is 2.36. The van der Waals surface area contributed by atoms with Gasteiger partial charge in [0.2, 0.25) is 5.91 Å². The number of nitro groups is 1. The lowest BCUT2D eigenvalue weighted by Gasteiger charge is -2.39. The van der Waals surface area contributed by atoms with Gasteiger partial charge in [-0.2, -0.15) is 0 Å². The maximum atomic E-state index is 14.9. The molecule has 1 aromatic carbocycles. The molecule has 72 heavy (non-hydrogen) atoms. The maximum Gasteiger partial charge on any atom is 0.407 e. The zero-order valence-electron chi connectivity index (χ0n) is 42.8. The van der Waals surface area contributed by atoms with E-state index in [4.69, 9.17) is 14.5 Å². The predicted molar refractivity (Wildman–Crippen MR) is 280 cm³/mol. The molecule has 3 N–H and O–H groups in total. The first-order chi connectivity index (χ1) is 34.3. The topological polar surface area (TPSA) is 241 Å². The molecular formula is C51H73N7O11S3. The van der Waals surface area contributed by atoms with E-state index < -0.39 is 46.8 Å². The third-order valence-electron chi connectivity index (χ3n) is 13.1. The van der Waals surface area contributed by atoms with Crippen molar-refractivity contribution in [2.24, 2.45) is 23.7 Å². The van der Waals surface area contributed by atoms with E-state index in [0.29, 0.717) is 36.4 Å². The van der Waals surface area contributed by atoms with E-state index in [1.807, 2.05) is 48.6 Å². The minimum absolute atomic E-state index is 0.0149. The molecule has 3 amide bonds. The summed E-state index contributed by atoms with van der Waals surface area (Å²) >= 11 is 1.32. The molecular weight excluding hydrogens is 983 g/mol. The number of rotatable bonds is 30. The number of likely N-dealkylation sites (tertiary alicyclic amines) is 1. The number of nitrogens with zero attached hydrogens (tertiary/aromatic N) is 5. The molecule has 18 nitrogen and oxygen atoms in total. The van der Waals surface area contributed by atoms with Crippen molar-refractivity contribution in [3.63, 3.8) is 0 Å². The van der Waals surface area contributed by atoms with Crippen molar-refractivity contribution in [2.75, 3.05) is 39.2 Å². The standard InChI is InChI=1S/C51H73N7O11S3/c1-9-14-46(62)69-31-57(50(64)39(33(5)10-2)28-44(60)41-15-11-12-22-56(41)8)43(32(3)4)26-35(7)48-55-40(30-70-48)47(63)54-37(27-36-17-19-38(59)20-18-36)25-34(6)45(61)29-53-51(65)68-23-24-71-72-49-42(58(66)67)16-13-21-52-49/h13,16-21,30,32-35,37,39,41,43,59H,9-12,14-15,22-29,31H2,1-8H3,(H,53,65)(H,54,63)/t33?,34-,35+,37+,39-,41+,43+/m0/s1. The highest BCUT2D eigenvalue weighted by Gasteiger charge is 2.39. The Morgan fingerprint density at radius 2 is 1.76 bits per heavy atom. The zero-order chi connectivity index (χ0) is 52.9. The van der Waals surface area contributed by atoms with Crippen LogP contribution in [-0.2, 0) is 35.1 Å². The SMILES string of the molecule is CCCC(=O)OCN(C(=O)[C@@H](CC(=O)[C@H]1CCCCN1C)C(C)CC)[C@H](C[C@@H](C)c1nc(C(=O)N[C@@H](Cc2ccc(O)cc2)C[C@H](C)C(=O)CNC(=O)OCCSSc2ncccc2[N+](=O)[O-])cs1)C(C)C. The predicted octanol–water partition coefficient (Wildman–Crippen LogP) is 9.01. The van der Waals surface area contributed by atoms with Crippen LogP contribution in [0.2, 0.25) is 0 Å². The normalized spacial score (nSPS) is 16.4. The number of pyridine rings is 1. The van der Waals surface area contributed by atoms with E-state index in [2.05, 4.69) is 20.5 Å². The number of esters is 1. The second kappa shape index (κ2) is 30.2. The molecule has 1 aliphatic heterocycles. The monoisotopic (exact) mass is 1060 g/mol. The van der Waals surface area contributed by atoms with Gasteiger partial charge in [-0.1, -0.05) is 84.2 Å². The summed E-state index contributed by atoms with van der Waals surface area (Å²) in [6, 6.07) is 8.20. The zero-order valence-corrected chi connectivity index (χ0v) is 45.3. The molecule has 0 saturated carbocycles. The molecule has 7 atom stereocenters. The number of carbonyl (C=O) groups excluding carboxylic acids is 6. The molecule has 1 fully saturated rings. The second-order valence-electron chi connectivity index (χ2n) is 19.0. The smallest absolute Gasteiger partial charge is 0.407 e. The Morgan fingerprint density at radius 3 is 2.43 bits per heavy atom. The van der Waals surface area contributed by atoms with E-state index in [0.717, 1.165) is 42.2 Å². The molecule has 0 spiro atoms. The summed E-state index contributed by atoms with van der Waals surface area (Å²) in [4.78, 5) is 104. The number of Topliss-reactive ketones (excluding diaryl/α,β-unsaturated/α-hetero) is 2. The molecule has 1 unspecified atom stereocenters. The number of carbonyl (C=O) groups is 6. The number of nitrogens with one attached hydrogen (secondary N) is 2. The minimum Gasteiger partial charge on any atom is -0.508 e. The Bertz CT molecular complexity index is 2270. The molecule has 3 heterocycles. The summed E-state index contributed by atoms with van der Waals surface area (Å²) in [6.45, 7) is 13.9. The third-order valence-corrected chi connectivity index (χ3v) is 16.4. The van der Waals surface area contributed by atoms with Crippen LogP contribution in [-0.4, -0.2) is 123 Å². The van der Waals surface area contributed by atoms with E-state index in [1.54, 1.807) is 41.5 Å². The number of hydrogen-bond acceptors (Lipinski definition) is 17. The highest BCUT2D eigenvalue weighted by molar-refractivity contribution is 8.76. The number of hydrogen-bond donors (Lipinski definition) is 3. The van der Waals surface area contributed by atoms with Gasteiger partial charge in [-0.15, -0.1) is 11.3 Å². The first-order valence-corrected chi connectivity index (χ1v) is 28.1. The number of benzene rings is 1. The van der Waals surface area contributed by atoms with Crippen LogP contribution in [0.15, 0.2) is 53.0 Å². The summed E-state index contributed by atoms with van der Waals surface area (Å²) in [5.74, 6) is -2.53. The Morgan fingerprint density at radius 1 is 1.03 bits per heavy atom. The van der Waals surface area contributed by atoms with Gasteiger partial charge in [0.05, 0.1) is 22.5 Å². The summed E-state index contributed by atoms with van der Waals surface area (Å²) in [5, 5.41) is 29.3. The number of phenolic OH excluding ortho intramolecular Hbond substituents is 1. The van der Waals surface area contributed by atoms with Crippen LogP contribution in [0.3, 0.4) is 0 Å². The van der Waals surface area contributed by atoms with Gasteiger partial charge in [0.15, 0.2) is 23.3 Å².